The van der Waals surface area contributed by atoms with Gasteiger partial charge in [-0.15, -0.1) is 5.10 Å². The second-order valence-electron chi connectivity index (χ2n) is 4.81. The summed E-state index contributed by atoms with van der Waals surface area (Å²) < 4.78 is 14.6. The van der Waals surface area contributed by atoms with Crippen LogP contribution in [0.2, 0.25) is 0 Å². The molecule has 0 saturated carbocycles. The van der Waals surface area contributed by atoms with Crippen LogP contribution in [0.4, 0.5) is 4.39 Å². The Balaban J connectivity index is 2.11. The van der Waals surface area contributed by atoms with Crippen molar-refractivity contribution < 1.29 is 19.4 Å². The van der Waals surface area contributed by atoms with Crippen molar-refractivity contribution in [3.05, 3.63) is 65.6 Å². The summed E-state index contributed by atoms with van der Waals surface area (Å²) in [6.45, 7) is -0.320. The minimum Gasteiger partial charge on any atom is -0.478 e. The molecule has 1 heterocycles. The van der Waals surface area contributed by atoms with Crippen LogP contribution in [0.5, 0.6) is 0 Å². The molecule has 0 aliphatic heterocycles. The fourth-order valence-corrected chi connectivity index (χ4v) is 2.24. The Morgan fingerprint density at radius 2 is 1.74 bits per heavy atom. The summed E-state index contributed by atoms with van der Waals surface area (Å²) in [4.78, 5) is 10.9. The highest BCUT2D eigenvalue weighted by Gasteiger charge is 2.16. The molecule has 0 aliphatic carbocycles. The van der Waals surface area contributed by atoms with Gasteiger partial charge in [0.05, 0.1) is 17.9 Å². The van der Waals surface area contributed by atoms with Crippen LogP contribution in [0.25, 0.3) is 16.9 Å². The maximum absolute atomic E-state index is 13.1. The van der Waals surface area contributed by atoms with E-state index in [0.29, 0.717) is 22.6 Å². The van der Waals surface area contributed by atoms with E-state index in [4.69, 9.17) is 5.11 Å². The number of hydrogen-bond donors (Lipinski definition) is 2. The number of carboxylic acid groups (broad SMARTS) is 1. The molecule has 0 amide bonds. The van der Waals surface area contributed by atoms with Crippen LogP contribution in [0.15, 0.2) is 48.5 Å². The van der Waals surface area contributed by atoms with Gasteiger partial charge in [-0.1, -0.05) is 5.21 Å². The first kappa shape index (κ1) is 14.9. The largest absolute Gasteiger partial charge is 0.478 e. The highest BCUT2D eigenvalue weighted by Crippen LogP contribution is 2.25. The van der Waals surface area contributed by atoms with Crippen molar-refractivity contribution in [1.82, 2.24) is 15.0 Å². The van der Waals surface area contributed by atoms with Gasteiger partial charge in [0, 0.05) is 5.56 Å². The van der Waals surface area contributed by atoms with Crippen LogP contribution in [0.1, 0.15) is 16.1 Å². The molecule has 0 saturated heterocycles. The molecule has 0 bridgehead atoms. The monoisotopic (exact) mass is 313 g/mol. The van der Waals surface area contributed by atoms with E-state index >= 15 is 0 Å². The van der Waals surface area contributed by atoms with Crippen molar-refractivity contribution in [3.8, 4) is 16.9 Å². The van der Waals surface area contributed by atoms with Crippen molar-refractivity contribution >= 4 is 5.97 Å². The summed E-state index contributed by atoms with van der Waals surface area (Å²) in [5.41, 5.74) is 2.25. The quantitative estimate of drug-likeness (QED) is 0.771. The van der Waals surface area contributed by atoms with Crippen molar-refractivity contribution in [3.63, 3.8) is 0 Å². The predicted molar refractivity (Wildman–Crippen MR) is 79.6 cm³/mol. The molecule has 2 aromatic carbocycles. The van der Waals surface area contributed by atoms with Crippen molar-refractivity contribution in [2.24, 2.45) is 0 Å². The standard InChI is InChI=1S/C16H12FN3O3/c17-12-5-1-10(2-6-12)15-14(9-21)18-19-20(15)13-7-3-11(4-8-13)16(22)23/h1-8,21H,9H2,(H,22,23). The van der Waals surface area contributed by atoms with Gasteiger partial charge in [-0.25, -0.2) is 13.9 Å². The summed E-state index contributed by atoms with van der Waals surface area (Å²) in [5, 5.41) is 26.3. The van der Waals surface area contributed by atoms with E-state index < -0.39 is 5.97 Å². The van der Waals surface area contributed by atoms with Gasteiger partial charge in [0.1, 0.15) is 17.2 Å². The van der Waals surface area contributed by atoms with Crippen molar-refractivity contribution in [2.45, 2.75) is 6.61 Å². The molecule has 0 unspecified atom stereocenters. The number of halogens is 1. The van der Waals surface area contributed by atoms with E-state index in [1.807, 2.05) is 0 Å². The molecule has 0 radical (unpaired) electrons. The summed E-state index contributed by atoms with van der Waals surface area (Å²) in [6.07, 6.45) is 0. The van der Waals surface area contributed by atoms with Gasteiger partial charge < -0.3 is 10.2 Å². The second kappa shape index (κ2) is 5.98. The van der Waals surface area contributed by atoms with E-state index in [0.717, 1.165) is 0 Å². The number of carboxylic acids is 1. The Kier molecular flexibility index (Phi) is 3.86. The number of hydrogen-bond acceptors (Lipinski definition) is 4. The number of aliphatic hydroxyl groups excluding tert-OH is 1. The zero-order valence-corrected chi connectivity index (χ0v) is 11.8. The first-order valence-corrected chi connectivity index (χ1v) is 6.75. The topological polar surface area (TPSA) is 88.2 Å². The zero-order chi connectivity index (χ0) is 16.4. The van der Waals surface area contributed by atoms with Gasteiger partial charge in [-0.05, 0) is 48.5 Å². The second-order valence-corrected chi connectivity index (χ2v) is 4.81. The normalized spacial score (nSPS) is 10.7. The van der Waals surface area contributed by atoms with Gasteiger partial charge in [0.2, 0.25) is 0 Å². The maximum Gasteiger partial charge on any atom is 0.335 e. The van der Waals surface area contributed by atoms with Crippen LogP contribution < -0.4 is 0 Å². The van der Waals surface area contributed by atoms with E-state index in [1.165, 1.54) is 28.9 Å². The number of aromatic carboxylic acids is 1. The van der Waals surface area contributed by atoms with Crippen LogP contribution in [0, 0.1) is 5.82 Å². The molecule has 6 nitrogen and oxygen atoms in total. The highest BCUT2D eigenvalue weighted by molar-refractivity contribution is 5.87. The summed E-state index contributed by atoms with van der Waals surface area (Å²) >= 11 is 0. The van der Waals surface area contributed by atoms with E-state index in [9.17, 15) is 14.3 Å². The fraction of sp³-hybridized carbons (Fsp3) is 0.0625. The molecular weight excluding hydrogens is 301 g/mol. The minimum absolute atomic E-state index is 0.152. The van der Waals surface area contributed by atoms with Gasteiger partial charge >= 0.3 is 5.97 Å². The molecule has 3 aromatic rings. The lowest BCUT2D eigenvalue weighted by Crippen LogP contribution is -2.02. The summed E-state index contributed by atoms with van der Waals surface area (Å²) in [7, 11) is 0. The molecule has 23 heavy (non-hydrogen) atoms. The summed E-state index contributed by atoms with van der Waals surface area (Å²) in [5.74, 6) is -1.39. The average Bonchev–Trinajstić information content (AvgIpc) is 2.99. The van der Waals surface area contributed by atoms with Gasteiger partial charge in [-0.2, -0.15) is 0 Å². The first-order chi connectivity index (χ1) is 11.1. The maximum atomic E-state index is 13.1. The molecule has 2 N–H and O–H groups in total. The molecule has 0 atom stereocenters. The number of rotatable bonds is 4. The Hall–Kier alpha value is -3.06. The summed E-state index contributed by atoms with van der Waals surface area (Å²) in [6, 6.07) is 11.8. The Morgan fingerprint density at radius 1 is 1.09 bits per heavy atom. The predicted octanol–water partition coefficient (Wildman–Crippen LogP) is 2.26. The lowest BCUT2D eigenvalue weighted by molar-refractivity contribution is 0.0697. The molecule has 0 spiro atoms. The minimum atomic E-state index is -1.02. The molecule has 3 rings (SSSR count). The third-order valence-corrected chi connectivity index (χ3v) is 3.37. The lowest BCUT2D eigenvalue weighted by atomic mass is 10.1. The molecule has 1 aromatic heterocycles. The van der Waals surface area contributed by atoms with Crippen LogP contribution in [-0.4, -0.2) is 31.2 Å². The third-order valence-electron chi connectivity index (χ3n) is 3.37. The van der Waals surface area contributed by atoms with Gasteiger partial charge in [0.15, 0.2) is 0 Å². The van der Waals surface area contributed by atoms with E-state index in [2.05, 4.69) is 10.3 Å². The molecule has 0 fully saturated rings. The molecule has 116 valence electrons. The molecular formula is C16H12FN3O3. The smallest absolute Gasteiger partial charge is 0.335 e. The zero-order valence-electron chi connectivity index (χ0n) is 11.8. The number of aliphatic hydroxyl groups is 1. The van der Waals surface area contributed by atoms with Gasteiger partial charge in [0.25, 0.3) is 0 Å². The van der Waals surface area contributed by atoms with Crippen LogP contribution >= 0.6 is 0 Å². The molecule has 7 heteroatoms. The third kappa shape index (κ3) is 2.82. The van der Waals surface area contributed by atoms with Gasteiger partial charge in [-0.3, -0.25) is 0 Å². The van der Waals surface area contributed by atoms with Crippen LogP contribution in [0.3, 0.4) is 0 Å². The Labute approximate surface area is 130 Å². The number of carbonyl (C=O) groups is 1. The SMILES string of the molecule is O=C(O)c1ccc(-n2nnc(CO)c2-c2ccc(F)cc2)cc1. The van der Waals surface area contributed by atoms with E-state index in [1.54, 1.807) is 24.3 Å². The Morgan fingerprint density at radius 3 is 2.30 bits per heavy atom. The van der Waals surface area contributed by atoms with E-state index in [-0.39, 0.29) is 18.0 Å². The number of nitrogens with zero attached hydrogens (tertiary/aromatic N) is 3. The first-order valence-electron chi connectivity index (χ1n) is 6.75. The Bertz CT molecular complexity index is 842. The van der Waals surface area contributed by atoms with Crippen LogP contribution in [-0.2, 0) is 6.61 Å². The highest BCUT2D eigenvalue weighted by atomic mass is 19.1. The number of benzene rings is 2. The fourth-order valence-electron chi connectivity index (χ4n) is 2.24. The average molecular weight is 313 g/mol. The molecule has 0 aliphatic rings. The lowest BCUT2D eigenvalue weighted by Gasteiger charge is -2.08. The van der Waals surface area contributed by atoms with Crippen molar-refractivity contribution in [2.75, 3.05) is 0 Å². The number of aromatic nitrogens is 3. The van der Waals surface area contributed by atoms with Crippen molar-refractivity contribution in [1.29, 1.82) is 0 Å².